The quantitative estimate of drug-likeness (QED) is 0.128. The molecule has 0 N–H and O–H groups in total. The minimum absolute atomic E-state index is 0. The van der Waals surface area contributed by atoms with Crippen molar-refractivity contribution < 1.29 is 31.1 Å². The van der Waals surface area contributed by atoms with E-state index in [4.69, 9.17) is 11.0 Å². The Morgan fingerprint density at radius 1 is 0.830 bits per heavy atom. The van der Waals surface area contributed by atoms with Crippen LogP contribution in [0.3, 0.4) is 0 Å². The third-order valence-corrected chi connectivity index (χ3v) is 12.5. The third kappa shape index (κ3) is 8.34. The third-order valence-electron chi connectivity index (χ3n) is 7.12. The van der Waals surface area contributed by atoms with E-state index >= 15 is 0 Å². The van der Waals surface area contributed by atoms with Crippen molar-refractivity contribution in [2.45, 2.75) is 44.4 Å². The first-order chi connectivity index (χ1) is 25.3. The van der Waals surface area contributed by atoms with Crippen LogP contribution in [0.5, 0.6) is 0 Å². The van der Waals surface area contributed by atoms with Crippen LogP contribution in [0, 0.1) is 17.5 Å². The van der Waals surface area contributed by atoms with Crippen LogP contribution in [0.2, 0.25) is 17.3 Å². The molecule has 0 atom stereocenters. The Hall–Kier alpha value is -3.48. The van der Waals surface area contributed by atoms with Gasteiger partial charge in [0.05, 0.1) is 13.9 Å². The Labute approximate surface area is 310 Å². The molecule has 1 radical (unpaired) electrons. The number of hydrogen-bond acceptors (Lipinski definition) is 4. The summed E-state index contributed by atoms with van der Waals surface area (Å²) in [4.78, 5) is 14.3. The molecule has 0 spiro atoms. The second kappa shape index (κ2) is 14.7. The molecule has 0 aliphatic heterocycles. The maximum Gasteiger partial charge on any atom is 0.114 e. The van der Waals surface area contributed by atoms with Gasteiger partial charge in [-0.15, -0.1) is 23.8 Å². The van der Waals surface area contributed by atoms with Crippen molar-refractivity contribution in [3.05, 3.63) is 133 Å². The van der Waals surface area contributed by atoms with E-state index in [9.17, 15) is 0 Å². The smallest absolute Gasteiger partial charge is 0.114 e. The van der Waals surface area contributed by atoms with E-state index < -0.39 is 31.1 Å². The van der Waals surface area contributed by atoms with Gasteiger partial charge in [0.1, 0.15) is 4.83 Å². The SMILES string of the molecule is [2H]C([2H])(c1cc(-c2[c-]cccc2)nc[c]1[Ge]([CH3])([CH3])[CH3])C(C)(C)C.[2H]c1ccnc(-c2[c-]ccc3c2sc2nc(-c4c([2H])c([2H])c([2H])c([2H])c4[2H])ccc23)c1.[Ir]. The standard InChI is InChI=1S/C22H13N2S.C19H26GeN.Ir/c1-2-7-15(8-3-1)19-13-12-17-16-9-6-10-18(20-11-4-5-14-23-20)21(16)25-22(17)24-19;1-19(2,3)13-16-12-18(15-10-8-7-9-11-15)21-14-17(16)20(4,5)6;/h1-9,11-14H;7-10,12,14H,13H2,1-6H3;/q2*-1;/i1D,2D,3D,4D,7D,8D;13D2;. The van der Waals surface area contributed by atoms with Gasteiger partial charge in [0, 0.05) is 31.9 Å². The topological polar surface area (TPSA) is 38.7 Å². The molecule has 6 heteroatoms. The number of fused-ring (bicyclic) bond motifs is 3. The van der Waals surface area contributed by atoms with Crippen LogP contribution >= 0.6 is 11.3 Å². The maximum atomic E-state index is 8.76. The van der Waals surface area contributed by atoms with Gasteiger partial charge in [-0.25, -0.2) is 4.98 Å². The average Bonchev–Trinajstić information content (AvgIpc) is 3.51. The molecule has 0 saturated carbocycles. The molecule has 0 aliphatic carbocycles. The zero-order valence-corrected chi connectivity index (χ0v) is 32.4. The predicted molar refractivity (Wildman–Crippen MR) is 199 cm³/mol. The van der Waals surface area contributed by atoms with E-state index in [1.165, 1.54) is 11.3 Å². The second-order valence-corrected chi connectivity index (χ2v) is 24.5. The monoisotopic (exact) mass is 880 g/mol. The first kappa shape index (κ1) is 25.5. The summed E-state index contributed by atoms with van der Waals surface area (Å²) >= 11 is -0.816. The van der Waals surface area contributed by atoms with E-state index in [2.05, 4.69) is 44.4 Å². The van der Waals surface area contributed by atoms with Crippen LogP contribution in [-0.4, -0.2) is 28.2 Å². The Kier molecular flexibility index (Phi) is 8.01. The van der Waals surface area contributed by atoms with Crippen molar-refractivity contribution in [3.8, 4) is 33.8 Å². The largest absolute Gasteiger partial charge is 0.305 e. The molecule has 0 fully saturated rings. The number of rotatable bonds is 5. The number of nitrogens with zero attached hydrogens (tertiary/aromatic N) is 3. The molecule has 0 bridgehead atoms. The molecule has 0 amide bonds. The first-order valence-electron chi connectivity index (χ1n) is 19.0. The summed E-state index contributed by atoms with van der Waals surface area (Å²) < 4.78 is 67.5. The zero-order valence-electron chi connectivity index (χ0n) is 35.1. The normalized spacial score (nSPS) is 14.3. The van der Waals surface area contributed by atoms with E-state index in [0.29, 0.717) is 22.3 Å². The number of benzene rings is 3. The molecule has 4 heterocycles. The van der Waals surface area contributed by atoms with Crippen molar-refractivity contribution in [1.82, 2.24) is 15.0 Å². The Bertz CT molecular complexity index is 2500. The van der Waals surface area contributed by atoms with Crippen LogP contribution in [0.4, 0.5) is 0 Å². The van der Waals surface area contributed by atoms with E-state index in [1.54, 1.807) is 24.4 Å². The minimum Gasteiger partial charge on any atom is -0.305 e. The van der Waals surface area contributed by atoms with Crippen LogP contribution in [0.1, 0.15) is 37.3 Å². The fourth-order valence-electron chi connectivity index (χ4n) is 5.05. The Morgan fingerprint density at radius 2 is 1.64 bits per heavy atom. The molecule has 0 aliphatic rings. The van der Waals surface area contributed by atoms with Crippen molar-refractivity contribution in [2.24, 2.45) is 5.41 Å². The molecule has 7 rings (SSSR count). The van der Waals surface area contributed by atoms with E-state index in [-0.39, 0.29) is 49.8 Å². The van der Waals surface area contributed by atoms with Gasteiger partial charge in [0.25, 0.3) is 0 Å². The Balaban J connectivity index is 0.000000217. The van der Waals surface area contributed by atoms with Gasteiger partial charge in [-0.05, 0) is 27.9 Å². The number of pyridine rings is 3. The molecule has 0 saturated heterocycles. The molecule has 47 heavy (non-hydrogen) atoms. The fraction of sp³-hybridized carbons (Fsp3) is 0.195. The van der Waals surface area contributed by atoms with Crippen molar-refractivity contribution in [1.29, 1.82) is 0 Å². The summed E-state index contributed by atoms with van der Waals surface area (Å²) in [6.45, 7) is 5.88. The molecule has 0 unspecified atom stereocenters. The van der Waals surface area contributed by atoms with Gasteiger partial charge in [0.15, 0.2) is 0 Å². The van der Waals surface area contributed by atoms with E-state index in [0.717, 1.165) is 42.3 Å². The molecule has 239 valence electrons. The fourth-order valence-corrected chi connectivity index (χ4v) is 9.16. The molecule has 4 aromatic heterocycles. The van der Waals surface area contributed by atoms with E-state index in [1.807, 2.05) is 75.5 Å². The van der Waals surface area contributed by atoms with Gasteiger partial charge in [-0.3, -0.25) is 0 Å². The van der Waals surface area contributed by atoms with Crippen LogP contribution < -0.4 is 4.40 Å². The maximum absolute atomic E-state index is 8.76. The van der Waals surface area contributed by atoms with Gasteiger partial charge in [0.2, 0.25) is 0 Å². The van der Waals surface area contributed by atoms with Crippen molar-refractivity contribution in [2.75, 3.05) is 0 Å². The molecular weight excluding hydrogens is 831 g/mol. The summed E-state index contributed by atoms with van der Waals surface area (Å²) in [5, 5.41) is 1.86. The molecule has 3 aromatic carbocycles. The molecule has 7 aromatic rings. The van der Waals surface area contributed by atoms with Gasteiger partial charge in [-0.1, -0.05) is 53.8 Å². The van der Waals surface area contributed by atoms with Gasteiger partial charge >= 0.3 is 135 Å². The molecule has 3 nitrogen and oxygen atoms in total. The summed E-state index contributed by atoms with van der Waals surface area (Å²) in [5.41, 5.74) is 3.87. The number of hydrogen-bond donors (Lipinski definition) is 0. The van der Waals surface area contributed by atoms with Crippen LogP contribution in [0.15, 0.2) is 115 Å². The summed E-state index contributed by atoms with van der Waals surface area (Å²) in [6, 6.07) is 25.3. The van der Waals surface area contributed by atoms with Crippen LogP contribution in [-0.2, 0) is 26.5 Å². The summed E-state index contributed by atoms with van der Waals surface area (Å²) in [6.07, 6.45) is 2.09. The van der Waals surface area contributed by atoms with Gasteiger partial charge in [-0.2, -0.15) is 11.3 Å². The average molecular weight is 879 g/mol. The predicted octanol–water partition coefficient (Wildman–Crippen LogP) is 10.7. The number of aromatic nitrogens is 3. The summed E-state index contributed by atoms with van der Waals surface area (Å²) in [5.74, 6) is 6.86. The zero-order chi connectivity index (χ0) is 39.3. The minimum atomic E-state index is -2.24. The van der Waals surface area contributed by atoms with Crippen LogP contribution in [0.25, 0.3) is 54.1 Å². The number of thiophene rings is 1. The first-order valence-corrected chi connectivity index (χ1v) is 23.2. The van der Waals surface area contributed by atoms with Gasteiger partial charge < -0.3 is 4.98 Å². The van der Waals surface area contributed by atoms with Crippen molar-refractivity contribution >= 4 is 49.3 Å². The molecular formula is C41H39GeIrN3S-2. The summed E-state index contributed by atoms with van der Waals surface area (Å²) in [7, 11) is 0. The van der Waals surface area contributed by atoms with Crippen molar-refractivity contribution in [3.63, 3.8) is 0 Å². The Morgan fingerprint density at radius 3 is 2.34 bits per heavy atom. The second-order valence-electron chi connectivity index (χ2n) is 12.9.